The number of piperidine rings is 1. The number of hydrogen-bond acceptors (Lipinski definition) is 3. The zero-order valence-corrected chi connectivity index (χ0v) is 19.2. The van der Waals surface area contributed by atoms with Crippen LogP contribution in [0.2, 0.25) is 5.02 Å². The first-order chi connectivity index (χ1) is 15.7. The van der Waals surface area contributed by atoms with Crippen molar-refractivity contribution in [2.24, 2.45) is 0 Å². The third kappa shape index (κ3) is 4.38. The number of methoxy groups -OCH3 is 1. The Morgan fingerprint density at radius 3 is 2.56 bits per heavy atom. The van der Waals surface area contributed by atoms with Crippen molar-refractivity contribution in [2.75, 3.05) is 26.7 Å². The molecule has 0 unspecified atom stereocenters. The molecule has 0 spiro atoms. The smallest absolute Gasteiger partial charge is 0.119 e. The van der Waals surface area contributed by atoms with E-state index in [9.17, 15) is 0 Å². The number of fused-ring (bicyclic) bond motifs is 1. The molecule has 0 bridgehead atoms. The Balaban J connectivity index is 1.53. The molecular weight excluding hydrogens is 418 g/mol. The van der Waals surface area contributed by atoms with Gasteiger partial charge in [0.2, 0.25) is 0 Å². The average Bonchev–Trinajstić information content (AvgIpc) is 3.21. The monoisotopic (exact) mass is 445 g/mol. The highest BCUT2D eigenvalue weighted by atomic mass is 35.5. The Hall–Kier alpha value is -2.82. The number of likely N-dealkylation sites (tertiary alicyclic amines) is 1. The van der Waals surface area contributed by atoms with E-state index in [0.717, 1.165) is 40.6 Å². The molecule has 4 aromatic rings. The first-order valence-electron chi connectivity index (χ1n) is 11.3. The maximum absolute atomic E-state index is 6.22. The van der Waals surface area contributed by atoms with Gasteiger partial charge in [0.25, 0.3) is 0 Å². The number of aromatic nitrogens is 2. The van der Waals surface area contributed by atoms with E-state index in [4.69, 9.17) is 16.3 Å². The molecule has 164 valence electrons. The van der Waals surface area contributed by atoms with Crippen LogP contribution in [0, 0.1) is 0 Å². The van der Waals surface area contributed by atoms with Crippen LogP contribution >= 0.6 is 11.6 Å². The summed E-state index contributed by atoms with van der Waals surface area (Å²) in [6.45, 7) is 4.48. The van der Waals surface area contributed by atoms with Gasteiger partial charge < -0.3 is 14.2 Å². The highest BCUT2D eigenvalue weighted by Gasteiger charge is 2.15. The highest BCUT2D eigenvalue weighted by molar-refractivity contribution is 6.30. The van der Waals surface area contributed by atoms with Crippen LogP contribution in [0.1, 0.15) is 19.3 Å². The van der Waals surface area contributed by atoms with Gasteiger partial charge >= 0.3 is 0 Å². The normalized spacial score (nSPS) is 14.7. The van der Waals surface area contributed by atoms with Crippen molar-refractivity contribution in [2.45, 2.75) is 25.8 Å². The highest BCUT2D eigenvalue weighted by Crippen LogP contribution is 2.35. The van der Waals surface area contributed by atoms with Gasteiger partial charge in [0.1, 0.15) is 5.75 Å². The molecule has 0 N–H and O–H groups in total. The summed E-state index contributed by atoms with van der Waals surface area (Å²) in [5, 5.41) is 1.92. The second-order valence-corrected chi connectivity index (χ2v) is 8.93. The van der Waals surface area contributed by atoms with Crippen LogP contribution in [0.5, 0.6) is 5.75 Å². The summed E-state index contributed by atoms with van der Waals surface area (Å²) < 4.78 is 7.92. The van der Waals surface area contributed by atoms with Crippen LogP contribution in [0.25, 0.3) is 33.2 Å². The number of halogens is 1. The Kier molecular flexibility index (Phi) is 6.15. The lowest BCUT2D eigenvalue weighted by molar-refractivity contribution is 0.222. The zero-order chi connectivity index (χ0) is 21.9. The average molecular weight is 446 g/mol. The molecule has 3 heterocycles. The van der Waals surface area contributed by atoms with Crippen molar-refractivity contribution in [3.8, 4) is 28.0 Å². The van der Waals surface area contributed by atoms with Crippen LogP contribution in [-0.2, 0) is 6.54 Å². The van der Waals surface area contributed by atoms with E-state index < -0.39 is 0 Å². The first-order valence-corrected chi connectivity index (χ1v) is 11.7. The van der Waals surface area contributed by atoms with Crippen LogP contribution in [0.3, 0.4) is 0 Å². The topological polar surface area (TPSA) is 30.3 Å². The van der Waals surface area contributed by atoms with Gasteiger partial charge in [-0.2, -0.15) is 0 Å². The lowest BCUT2D eigenvalue weighted by Gasteiger charge is -2.26. The molecule has 1 aliphatic heterocycles. The zero-order valence-electron chi connectivity index (χ0n) is 18.4. The van der Waals surface area contributed by atoms with Crippen LogP contribution < -0.4 is 4.74 Å². The van der Waals surface area contributed by atoms with Gasteiger partial charge in [0.05, 0.1) is 7.11 Å². The predicted molar refractivity (Wildman–Crippen MR) is 132 cm³/mol. The quantitative estimate of drug-likeness (QED) is 0.338. The number of hydrogen-bond donors (Lipinski definition) is 0. The summed E-state index contributed by atoms with van der Waals surface area (Å²) in [4.78, 5) is 7.14. The second kappa shape index (κ2) is 9.35. The van der Waals surface area contributed by atoms with Gasteiger partial charge in [0.15, 0.2) is 0 Å². The molecule has 0 saturated carbocycles. The summed E-state index contributed by atoms with van der Waals surface area (Å²) in [7, 11) is 1.72. The van der Waals surface area contributed by atoms with Gasteiger partial charge in [-0.15, -0.1) is 0 Å². The van der Waals surface area contributed by atoms with Crippen molar-refractivity contribution in [1.29, 1.82) is 0 Å². The molecular formula is C27H28ClN3O. The summed E-state index contributed by atoms with van der Waals surface area (Å²) in [6, 6.07) is 16.5. The second-order valence-electron chi connectivity index (χ2n) is 8.49. The molecule has 0 aliphatic carbocycles. The van der Waals surface area contributed by atoms with Crippen LogP contribution in [-0.4, -0.2) is 41.2 Å². The molecule has 1 aliphatic rings. The molecule has 1 fully saturated rings. The SMILES string of the molecule is COc1ccc2c(c1)c(-c1cncc(-c3cccc(Cl)c3)c1)cn2CCN1CCCCC1. The minimum Gasteiger partial charge on any atom is -0.497 e. The molecule has 0 amide bonds. The fraction of sp³-hybridized carbons (Fsp3) is 0.296. The molecule has 5 rings (SSSR count). The van der Waals surface area contributed by atoms with E-state index in [1.165, 1.54) is 48.8 Å². The summed E-state index contributed by atoms with van der Waals surface area (Å²) in [5.74, 6) is 0.867. The van der Waals surface area contributed by atoms with Crippen LogP contribution in [0.15, 0.2) is 67.1 Å². The molecule has 0 atom stereocenters. The number of nitrogens with zero attached hydrogens (tertiary/aromatic N) is 3. The van der Waals surface area contributed by atoms with Crippen molar-refractivity contribution >= 4 is 22.5 Å². The molecule has 2 aromatic heterocycles. The molecule has 32 heavy (non-hydrogen) atoms. The summed E-state index contributed by atoms with van der Waals surface area (Å²) in [5.41, 5.74) is 5.62. The first kappa shape index (κ1) is 21.0. The van der Waals surface area contributed by atoms with E-state index in [2.05, 4.69) is 44.9 Å². The Labute approximate surface area is 194 Å². The van der Waals surface area contributed by atoms with E-state index in [1.807, 2.05) is 36.7 Å². The van der Waals surface area contributed by atoms with Crippen molar-refractivity contribution in [3.63, 3.8) is 0 Å². The van der Waals surface area contributed by atoms with Crippen molar-refractivity contribution in [3.05, 3.63) is 72.1 Å². The molecule has 5 heteroatoms. The minimum atomic E-state index is 0.729. The maximum atomic E-state index is 6.22. The Morgan fingerprint density at radius 1 is 0.906 bits per heavy atom. The van der Waals surface area contributed by atoms with E-state index in [-0.39, 0.29) is 0 Å². The van der Waals surface area contributed by atoms with Gasteiger partial charge in [-0.05, 0) is 67.9 Å². The van der Waals surface area contributed by atoms with Gasteiger partial charge in [-0.25, -0.2) is 0 Å². The summed E-state index contributed by atoms with van der Waals surface area (Å²) in [6.07, 6.45) is 10.1. The number of benzene rings is 2. The number of pyridine rings is 1. The standard InChI is InChI=1S/C27H28ClN3O/c1-32-24-8-9-27-25(16-24)26(19-31(27)13-12-30-10-3-2-4-11-30)22-14-21(17-29-18-22)20-6-5-7-23(28)15-20/h5-9,14-19H,2-4,10-13H2,1H3. The van der Waals surface area contributed by atoms with Crippen molar-refractivity contribution < 1.29 is 4.74 Å². The molecule has 2 aromatic carbocycles. The van der Waals surface area contributed by atoms with Crippen LogP contribution in [0.4, 0.5) is 0 Å². The summed E-state index contributed by atoms with van der Waals surface area (Å²) >= 11 is 6.22. The van der Waals surface area contributed by atoms with E-state index in [1.54, 1.807) is 7.11 Å². The third-order valence-electron chi connectivity index (χ3n) is 6.40. The molecule has 0 radical (unpaired) electrons. The van der Waals surface area contributed by atoms with E-state index in [0.29, 0.717) is 0 Å². The van der Waals surface area contributed by atoms with Gasteiger partial charge in [0, 0.05) is 64.3 Å². The van der Waals surface area contributed by atoms with E-state index >= 15 is 0 Å². The maximum Gasteiger partial charge on any atom is 0.119 e. The Bertz CT molecular complexity index is 1230. The fourth-order valence-corrected chi connectivity index (χ4v) is 4.85. The Morgan fingerprint density at radius 2 is 1.75 bits per heavy atom. The lowest BCUT2D eigenvalue weighted by Crippen LogP contribution is -2.32. The largest absolute Gasteiger partial charge is 0.497 e. The fourth-order valence-electron chi connectivity index (χ4n) is 4.66. The predicted octanol–water partition coefficient (Wildman–Crippen LogP) is 6.52. The third-order valence-corrected chi connectivity index (χ3v) is 6.64. The molecule has 4 nitrogen and oxygen atoms in total. The minimum absolute atomic E-state index is 0.729. The van der Waals surface area contributed by atoms with Crippen molar-refractivity contribution in [1.82, 2.24) is 14.5 Å². The van der Waals surface area contributed by atoms with Gasteiger partial charge in [-0.3, -0.25) is 4.98 Å². The number of ether oxygens (including phenoxy) is 1. The lowest BCUT2D eigenvalue weighted by atomic mass is 10.0. The molecule has 1 saturated heterocycles. The number of rotatable bonds is 6. The van der Waals surface area contributed by atoms with Gasteiger partial charge in [-0.1, -0.05) is 30.2 Å².